The molecule has 1 fully saturated rings. The van der Waals surface area contributed by atoms with Crippen LogP contribution >= 0.6 is 0 Å². The van der Waals surface area contributed by atoms with Gasteiger partial charge in [0.25, 0.3) is 0 Å². The van der Waals surface area contributed by atoms with Crippen LogP contribution < -0.4 is 5.73 Å². The van der Waals surface area contributed by atoms with Gasteiger partial charge in [-0.3, -0.25) is 4.68 Å². The minimum atomic E-state index is 0.0958. The summed E-state index contributed by atoms with van der Waals surface area (Å²) in [7, 11) is 6.25. The zero-order chi connectivity index (χ0) is 13.1. The highest BCUT2D eigenvalue weighted by Crippen LogP contribution is 2.11. The van der Waals surface area contributed by atoms with E-state index in [1.165, 1.54) is 6.42 Å². The average molecular weight is 252 g/mol. The summed E-state index contributed by atoms with van der Waals surface area (Å²) in [6.45, 7) is 3.29. The SMILES string of the molecule is CN1CCCN(C)C(C(N)Cc2ncnn2C)C1. The fraction of sp³-hybridized carbons (Fsp3) is 0.833. The maximum Gasteiger partial charge on any atom is 0.138 e. The van der Waals surface area contributed by atoms with Crippen LogP contribution in [0.1, 0.15) is 12.2 Å². The van der Waals surface area contributed by atoms with Crippen LogP contribution in [0.15, 0.2) is 6.33 Å². The average Bonchev–Trinajstić information content (AvgIpc) is 2.62. The van der Waals surface area contributed by atoms with Crippen LogP contribution in [0.2, 0.25) is 0 Å². The predicted octanol–water partition coefficient (Wildman–Crippen LogP) is -0.679. The van der Waals surface area contributed by atoms with Gasteiger partial charge in [-0.1, -0.05) is 0 Å². The van der Waals surface area contributed by atoms with Crippen molar-refractivity contribution in [3.05, 3.63) is 12.2 Å². The molecule has 2 N–H and O–H groups in total. The van der Waals surface area contributed by atoms with Gasteiger partial charge in [0, 0.05) is 32.1 Å². The van der Waals surface area contributed by atoms with Gasteiger partial charge in [-0.15, -0.1) is 0 Å². The van der Waals surface area contributed by atoms with Crippen molar-refractivity contribution in [2.75, 3.05) is 33.7 Å². The number of aromatic nitrogens is 3. The fourth-order valence-corrected chi connectivity index (χ4v) is 2.62. The van der Waals surface area contributed by atoms with Crippen molar-refractivity contribution < 1.29 is 0 Å². The third-order valence-electron chi connectivity index (χ3n) is 3.83. The second-order valence-corrected chi connectivity index (χ2v) is 5.33. The molecule has 1 aliphatic heterocycles. The van der Waals surface area contributed by atoms with Crippen LogP contribution in [0.3, 0.4) is 0 Å². The molecule has 1 aromatic rings. The Morgan fingerprint density at radius 2 is 2.17 bits per heavy atom. The molecule has 2 rings (SSSR count). The quantitative estimate of drug-likeness (QED) is 0.772. The van der Waals surface area contributed by atoms with E-state index in [0.29, 0.717) is 6.04 Å². The minimum absolute atomic E-state index is 0.0958. The molecule has 6 nitrogen and oxygen atoms in total. The van der Waals surface area contributed by atoms with E-state index in [-0.39, 0.29) is 6.04 Å². The smallest absolute Gasteiger partial charge is 0.138 e. The zero-order valence-corrected chi connectivity index (χ0v) is 11.6. The van der Waals surface area contributed by atoms with Gasteiger partial charge in [-0.25, -0.2) is 4.98 Å². The predicted molar refractivity (Wildman–Crippen MR) is 71.2 cm³/mol. The van der Waals surface area contributed by atoms with Gasteiger partial charge in [0.1, 0.15) is 12.2 Å². The van der Waals surface area contributed by atoms with Crippen LogP contribution in [0.25, 0.3) is 0 Å². The van der Waals surface area contributed by atoms with Crippen LogP contribution in [-0.4, -0.2) is 70.4 Å². The standard InChI is InChI=1S/C12H24N6/c1-16-5-4-6-17(2)11(8-16)10(13)7-12-14-9-15-18(12)3/h9-11H,4-8,13H2,1-3H3. The van der Waals surface area contributed by atoms with E-state index in [1.54, 1.807) is 11.0 Å². The summed E-state index contributed by atoms with van der Waals surface area (Å²) < 4.78 is 1.81. The summed E-state index contributed by atoms with van der Waals surface area (Å²) in [4.78, 5) is 9.00. The largest absolute Gasteiger partial charge is 0.326 e. The van der Waals surface area contributed by atoms with Gasteiger partial charge in [-0.05, 0) is 33.6 Å². The molecule has 1 aliphatic rings. The van der Waals surface area contributed by atoms with Crippen LogP contribution in [0, 0.1) is 0 Å². The lowest BCUT2D eigenvalue weighted by molar-refractivity contribution is 0.193. The molecule has 0 bridgehead atoms. The summed E-state index contributed by atoms with van der Waals surface area (Å²) in [5, 5.41) is 4.09. The molecule has 2 unspecified atom stereocenters. The monoisotopic (exact) mass is 252 g/mol. The molecular weight excluding hydrogens is 228 g/mol. The normalized spacial score (nSPS) is 25.0. The molecule has 0 spiro atoms. The maximum atomic E-state index is 6.38. The summed E-state index contributed by atoms with van der Waals surface area (Å²) in [5.41, 5.74) is 6.38. The van der Waals surface area contributed by atoms with Crippen molar-refractivity contribution in [1.82, 2.24) is 24.6 Å². The molecule has 0 amide bonds. The van der Waals surface area contributed by atoms with Crippen molar-refractivity contribution in [3.63, 3.8) is 0 Å². The van der Waals surface area contributed by atoms with Gasteiger partial charge in [-0.2, -0.15) is 5.10 Å². The molecule has 18 heavy (non-hydrogen) atoms. The Balaban J connectivity index is 2.02. The molecule has 102 valence electrons. The van der Waals surface area contributed by atoms with Crippen molar-refractivity contribution in [3.8, 4) is 0 Å². The van der Waals surface area contributed by atoms with E-state index >= 15 is 0 Å². The molecule has 0 radical (unpaired) electrons. The Morgan fingerprint density at radius 3 is 2.83 bits per heavy atom. The molecule has 2 atom stereocenters. The number of hydrogen-bond donors (Lipinski definition) is 1. The van der Waals surface area contributed by atoms with Crippen molar-refractivity contribution in [2.45, 2.75) is 24.9 Å². The first-order valence-electron chi connectivity index (χ1n) is 6.55. The second kappa shape index (κ2) is 5.77. The number of hydrogen-bond acceptors (Lipinski definition) is 5. The molecule has 0 aliphatic carbocycles. The highest BCUT2D eigenvalue weighted by molar-refractivity contribution is 4.94. The maximum absolute atomic E-state index is 6.38. The van der Waals surface area contributed by atoms with Crippen LogP contribution in [0.5, 0.6) is 0 Å². The first-order chi connectivity index (χ1) is 8.58. The van der Waals surface area contributed by atoms with Crippen LogP contribution in [0.4, 0.5) is 0 Å². The van der Waals surface area contributed by atoms with E-state index in [0.717, 1.165) is 31.9 Å². The number of rotatable bonds is 3. The van der Waals surface area contributed by atoms with Gasteiger partial charge >= 0.3 is 0 Å². The number of nitrogens with zero attached hydrogens (tertiary/aromatic N) is 5. The van der Waals surface area contributed by atoms with Crippen molar-refractivity contribution in [1.29, 1.82) is 0 Å². The highest BCUT2D eigenvalue weighted by Gasteiger charge is 2.27. The van der Waals surface area contributed by atoms with E-state index in [9.17, 15) is 0 Å². The number of aryl methyl sites for hydroxylation is 1. The molecule has 0 aromatic carbocycles. The van der Waals surface area contributed by atoms with Crippen LogP contribution in [-0.2, 0) is 13.5 Å². The van der Waals surface area contributed by atoms with Crippen molar-refractivity contribution in [2.24, 2.45) is 12.8 Å². The summed E-state index contributed by atoms with van der Waals surface area (Å²) >= 11 is 0. The Labute approximate surface area is 109 Å². The van der Waals surface area contributed by atoms with E-state index in [2.05, 4.69) is 34.0 Å². The molecule has 1 aromatic heterocycles. The lowest BCUT2D eigenvalue weighted by Gasteiger charge is -2.32. The van der Waals surface area contributed by atoms with Gasteiger partial charge in [0.15, 0.2) is 0 Å². The van der Waals surface area contributed by atoms with E-state index in [4.69, 9.17) is 5.73 Å². The number of likely N-dealkylation sites (N-methyl/N-ethyl adjacent to an activating group) is 2. The molecular formula is C12H24N6. The van der Waals surface area contributed by atoms with Gasteiger partial charge in [0.05, 0.1) is 0 Å². The minimum Gasteiger partial charge on any atom is -0.326 e. The first kappa shape index (κ1) is 13.5. The lowest BCUT2D eigenvalue weighted by atomic mass is 10.0. The van der Waals surface area contributed by atoms with E-state index < -0.39 is 0 Å². The summed E-state index contributed by atoms with van der Waals surface area (Å²) in [6, 6.07) is 0.479. The Hall–Kier alpha value is -0.980. The molecule has 0 saturated carbocycles. The Morgan fingerprint density at radius 1 is 1.39 bits per heavy atom. The first-order valence-corrected chi connectivity index (χ1v) is 6.55. The zero-order valence-electron chi connectivity index (χ0n) is 11.6. The molecule has 2 heterocycles. The Bertz CT molecular complexity index is 376. The molecule has 1 saturated heterocycles. The summed E-state index contributed by atoms with van der Waals surface area (Å²) in [5.74, 6) is 0.961. The third-order valence-corrected chi connectivity index (χ3v) is 3.83. The number of nitrogens with two attached hydrogens (primary N) is 1. The fourth-order valence-electron chi connectivity index (χ4n) is 2.62. The van der Waals surface area contributed by atoms with Crippen molar-refractivity contribution >= 4 is 0 Å². The topological polar surface area (TPSA) is 63.2 Å². The van der Waals surface area contributed by atoms with Gasteiger partial charge < -0.3 is 15.5 Å². The highest BCUT2D eigenvalue weighted by atomic mass is 15.3. The third kappa shape index (κ3) is 3.07. The Kier molecular flexibility index (Phi) is 4.31. The van der Waals surface area contributed by atoms with E-state index in [1.807, 2.05) is 7.05 Å². The lowest BCUT2D eigenvalue weighted by Crippen LogP contribution is -2.51. The summed E-state index contributed by atoms with van der Waals surface area (Å²) in [6.07, 6.45) is 3.57. The second-order valence-electron chi connectivity index (χ2n) is 5.33. The molecule has 6 heteroatoms. The van der Waals surface area contributed by atoms with Gasteiger partial charge in [0.2, 0.25) is 0 Å².